The van der Waals surface area contributed by atoms with Gasteiger partial charge in [-0.3, -0.25) is 0 Å². The summed E-state index contributed by atoms with van der Waals surface area (Å²) in [6.45, 7) is 1.94. The van der Waals surface area contributed by atoms with Crippen molar-refractivity contribution in [2.75, 3.05) is 12.8 Å². The summed E-state index contributed by atoms with van der Waals surface area (Å²) in [6, 6.07) is 17.1. The van der Waals surface area contributed by atoms with Gasteiger partial charge in [0.1, 0.15) is 23.2 Å². The molecule has 4 nitrogen and oxygen atoms in total. The van der Waals surface area contributed by atoms with Crippen molar-refractivity contribution >= 4 is 17.4 Å². The molecule has 0 aliphatic heterocycles. The van der Waals surface area contributed by atoms with Crippen LogP contribution in [0, 0.1) is 18.3 Å². The molecule has 0 amide bonds. The van der Waals surface area contributed by atoms with Gasteiger partial charge in [0.2, 0.25) is 0 Å². The van der Waals surface area contributed by atoms with Crippen LogP contribution in [0.3, 0.4) is 0 Å². The third-order valence-corrected chi connectivity index (χ3v) is 4.31. The summed E-state index contributed by atoms with van der Waals surface area (Å²) in [6.07, 6.45) is 0. The molecule has 0 saturated heterocycles. The maximum atomic E-state index is 9.59. The van der Waals surface area contributed by atoms with Crippen molar-refractivity contribution in [1.29, 1.82) is 5.26 Å². The normalized spacial score (nSPS) is 10.3. The van der Waals surface area contributed by atoms with Gasteiger partial charge >= 0.3 is 0 Å². The summed E-state index contributed by atoms with van der Waals surface area (Å²) in [5, 5.41) is 10.2. The summed E-state index contributed by atoms with van der Waals surface area (Å²) in [5.74, 6) is 0.917. The van der Waals surface area contributed by atoms with Gasteiger partial charge in [0.25, 0.3) is 0 Å². The summed E-state index contributed by atoms with van der Waals surface area (Å²) < 4.78 is 5.30. The second-order valence-electron chi connectivity index (χ2n) is 5.57. The molecule has 1 heterocycles. The summed E-state index contributed by atoms with van der Waals surface area (Å²) in [5.41, 5.74) is 10.6. The van der Waals surface area contributed by atoms with Gasteiger partial charge in [-0.1, -0.05) is 35.9 Å². The van der Waals surface area contributed by atoms with Crippen molar-refractivity contribution in [3.8, 4) is 34.2 Å². The number of pyridine rings is 1. The van der Waals surface area contributed by atoms with Crippen LogP contribution in [0.1, 0.15) is 11.1 Å². The summed E-state index contributed by atoms with van der Waals surface area (Å²) >= 11 is 5.98. The number of nitriles is 1. The van der Waals surface area contributed by atoms with Crippen molar-refractivity contribution in [2.45, 2.75) is 6.92 Å². The maximum Gasteiger partial charge on any atom is 0.142 e. The molecule has 124 valence electrons. The predicted octanol–water partition coefficient (Wildman–Crippen LogP) is 4.84. The van der Waals surface area contributed by atoms with E-state index in [1.807, 2.05) is 43.3 Å². The van der Waals surface area contributed by atoms with Crippen LogP contribution in [-0.2, 0) is 0 Å². The lowest BCUT2D eigenvalue weighted by Gasteiger charge is -2.15. The molecule has 0 unspecified atom stereocenters. The fraction of sp³-hybridized carbons (Fsp3) is 0.100. The van der Waals surface area contributed by atoms with Gasteiger partial charge in [-0.2, -0.15) is 5.26 Å². The standard InChI is InChI=1S/C20H16ClN3O/c1-12-18(14-4-3-5-16(10-14)25-2)17(11-22)20(23)24-19(12)13-6-8-15(21)9-7-13/h3-10H,1-2H3,(H2,23,24). The zero-order valence-electron chi connectivity index (χ0n) is 13.9. The molecule has 25 heavy (non-hydrogen) atoms. The van der Waals surface area contributed by atoms with Crippen LogP contribution < -0.4 is 10.5 Å². The Morgan fingerprint density at radius 3 is 2.48 bits per heavy atom. The van der Waals surface area contributed by atoms with E-state index in [-0.39, 0.29) is 5.82 Å². The molecule has 0 aliphatic rings. The number of rotatable bonds is 3. The Bertz CT molecular complexity index is 975. The molecule has 0 fully saturated rings. The van der Waals surface area contributed by atoms with Crippen LogP contribution >= 0.6 is 11.6 Å². The average Bonchev–Trinajstić information content (AvgIpc) is 2.63. The minimum absolute atomic E-state index is 0.205. The van der Waals surface area contributed by atoms with Crippen LogP contribution in [0.5, 0.6) is 5.75 Å². The molecule has 1 aromatic heterocycles. The molecule has 0 bridgehead atoms. The second kappa shape index (κ2) is 6.84. The van der Waals surface area contributed by atoms with E-state index in [9.17, 15) is 5.26 Å². The largest absolute Gasteiger partial charge is 0.497 e. The van der Waals surface area contributed by atoms with Gasteiger partial charge in [0, 0.05) is 16.1 Å². The first-order valence-electron chi connectivity index (χ1n) is 7.65. The maximum absolute atomic E-state index is 9.59. The van der Waals surface area contributed by atoms with E-state index >= 15 is 0 Å². The zero-order chi connectivity index (χ0) is 18.0. The third kappa shape index (κ3) is 3.15. The zero-order valence-corrected chi connectivity index (χ0v) is 14.6. The number of methoxy groups -OCH3 is 1. The number of halogens is 1. The minimum atomic E-state index is 0.205. The number of ether oxygens (including phenoxy) is 1. The number of hydrogen-bond acceptors (Lipinski definition) is 4. The van der Waals surface area contributed by atoms with Gasteiger partial charge in [-0.25, -0.2) is 4.98 Å². The number of nitrogen functional groups attached to an aromatic ring is 1. The fourth-order valence-electron chi connectivity index (χ4n) is 2.84. The lowest BCUT2D eigenvalue weighted by Crippen LogP contribution is -2.03. The van der Waals surface area contributed by atoms with Crippen molar-refractivity contribution in [2.24, 2.45) is 0 Å². The SMILES string of the molecule is COc1cccc(-c2c(C)c(-c3ccc(Cl)cc3)nc(N)c2C#N)c1. The molecule has 0 saturated carbocycles. The van der Waals surface area contributed by atoms with Gasteiger partial charge in [-0.15, -0.1) is 0 Å². The van der Waals surface area contributed by atoms with Crippen molar-refractivity contribution in [3.63, 3.8) is 0 Å². The Morgan fingerprint density at radius 1 is 1.12 bits per heavy atom. The minimum Gasteiger partial charge on any atom is -0.497 e. The number of aromatic nitrogens is 1. The van der Waals surface area contributed by atoms with Crippen LogP contribution in [0.25, 0.3) is 22.4 Å². The first kappa shape index (κ1) is 16.8. The molecular weight excluding hydrogens is 334 g/mol. The van der Waals surface area contributed by atoms with E-state index in [4.69, 9.17) is 22.1 Å². The topological polar surface area (TPSA) is 71.9 Å². The first-order chi connectivity index (χ1) is 12.0. The fourth-order valence-corrected chi connectivity index (χ4v) is 2.96. The van der Waals surface area contributed by atoms with Crippen molar-refractivity contribution < 1.29 is 4.74 Å². The van der Waals surface area contributed by atoms with Crippen LogP contribution in [0.2, 0.25) is 5.02 Å². The first-order valence-corrected chi connectivity index (χ1v) is 8.03. The molecule has 0 atom stereocenters. The van der Waals surface area contributed by atoms with Gasteiger partial charge < -0.3 is 10.5 Å². The van der Waals surface area contributed by atoms with E-state index in [0.29, 0.717) is 16.3 Å². The Hall–Kier alpha value is -3.03. The number of nitrogens with zero attached hydrogens (tertiary/aromatic N) is 2. The average molecular weight is 350 g/mol. The van der Waals surface area contributed by atoms with Crippen LogP contribution in [0.15, 0.2) is 48.5 Å². The number of nitrogens with two attached hydrogens (primary N) is 1. The molecule has 0 spiro atoms. The van der Waals surface area contributed by atoms with Crippen LogP contribution in [-0.4, -0.2) is 12.1 Å². The van der Waals surface area contributed by atoms with E-state index in [0.717, 1.165) is 27.9 Å². The van der Waals surface area contributed by atoms with E-state index < -0.39 is 0 Å². The highest BCUT2D eigenvalue weighted by molar-refractivity contribution is 6.30. The Morgan fingerprint density at radius 2 is 1.84 bits per heavy atom. The van der Waals surface area contributed by atoms with Crippen molar-refractivity contribution in [1.82, 2.24) is 4.98 Å². The summed E-state index contributed by atoms with van der Waals surface area (Å²) in [4.78, 5) is 4.45. The highest BCUT2D eigenvalue weighted by atomic mass is 35.5. The molecule has 3 aromatic rings. The Labute approximate surface area is 151 Å². The van der Waals surface area contributed by atoms with E-state index in [1.165, 1.54) is 0 Å². The molecule has 3 rings (SSSR count). The number of benzene rings is 2. The monoisotopic (exact) mass is 349 g/mol. The third-order valence-electron chi connectivity index (χ3n) is 4.06. The lowest BCUT2D eigenvalue weighted by molar-refractivity contribution is 0.415. The van der Waals surface area contributed by atoms with Crippen molar-refractivity contribution in [3.05, 3.63) is 64.7 Å². The van der Waals surface area contributed by atoms with Gasteiger partial charge in [0.15, 0.2) is 0 Å². The van der Waals surface area contributed by atoms with Crippen LogP contribution in [0.4, 0.5) is 5.82 Å². The van der Waals surface area contributed by atoms with Gasteiger partial charge in [0.05, 0.1) is 12.8 Å². The smallest absolute Gasteiger partial charge is 0.142 e. The molecule has 5 heteroatoms. The highest BCUT2D eigenvalue weighted by Gasteiger charge is 2.18. The molecule has 0 radical (unpaired) electrons. The number of hydrogen-bond donors (Lipinski definition) is 1. The number of anilines is 1. The Kier molecular flexibility index (Phi) is 4.60. The summed E-state index contributed by atoms with van der Waals surface area (Å²) in [7, 11) is 1.61. The quantitative estimate of drug-likeness (QED) is 0.734. The van der Waals surface area contributed by atoms with Gasteiger partial charge in [-0.05, 0) is 42.3 Å². The molecular formula is C20H16ClN3O. The molecule has 2 N–H and O–H groups in total. The van der Waals surface area contributed by atoms with E-state index in [2.05, 4.69) is 11.1 Å². The van der Waals surface area contributed by atoms with E-state index in [1.54, 1.807) is 19.2 Å². The Balaban J connectivity index is 2.30. The second-order valence-corrected chi connectivity index (χ2v) is 6.01. The predicted molar refractivity (Wildman–Crippen MR) is 101 cm³/mol. The highest BCUT2D eigenvalue weighted by Crippen LogP contribution is 2.37. The molecule has 0 aliphatic carbocycles. The lowest BCUT2D eigenvalue weighted by atomic mass is 9.93. The molecule has 2 aromatic carbocycles.